The normalized spacial score (nSPS) is 37.9. The Hall–Kier alpha value is -0.340. The van der Waals surface area contributed by atoms with E-state index in [0.717, 1.165) is 24.8 Å². The molecular weight excluding hydrogens is 150 g/mol. The zero-order valence-corrected chi connectivity index (χ0v) is 7.37. The Bertz CT molecular complexity index is 179. The Morgan fingerprint density at radius 1 is 1.50 bits per heavy atom. The van der Waals surface area contributed by atoms with Crippen LogP contribution in [0, 0.1) is 11.8 Å². The molecule has 68 valence electrons. The van der Waals surface area contributed by atoms with Gasteiger partial charge in [0, 0.05) is 12.6 Å². The molecule has 2 N–H and O–H groups in total. The molecule has 0 bridgehead atoms. The highest BCUT2D eigenvalue weighted by atomic mass is 16.3. The molecule has 1 fully saturated rings. The molecule has 2 heteroatoms. The first-order valence-electron chi connectivity index (χ1n) is 4.92. The SMILES string of the molecule is OCCCNC1CC2CC=CC21. The molecule has 0 aromatic heterocycles. The zero-order chi connectivity index (χ0) is 8.39. The van der Waals surface area contributed by atoms with Crippen LogP contribution in [-0.4, -0.2) is 24.3 Å². The standard InChI is InChI=1S/C10H17NO/c12-6-2-5-11-10-7-8-3-1-4-9(8)10/h1,4,8-12H,2-3,5-7H2. The van der Waals surface area contributed by atoms with Crippen molar-refractivity contribution in [3.05, 3.63) is 12.2 Å². The van der Waals surface area contributed by atoms with Crippen LogP contribution in [0.2, 0.25) is 0 Å². The number of allylic oxidation sites excluding steroid dienone is 1. The summed E-state index contributed by atoms with van der Waals surface area (Å²) in [5, 5.41) is 12.1. The molecule has 1 saturated carbocycles. The summed E-state index contributed by atoms with van der Waals surface area (Å²) in [6, 6.07) is 0.709. The van der Waals surface area contributed by atoms with Gasteiger partial charge in [0.1, 0.15) is 0 Å². The van der Waals surface area contributed by atoms with Crippen LogP contribution in [0.25, 0.3) is 0 Å². The highest BCUT2D eigenvalue weighted by molar-refractivity contribution is 5.12. The van der Waals surface area contributed by atoms with Crippen LogP contribution in [0.5, 0.6) is 0 Å². The van der Waals surface area contributed by atoms with Crippen LogP contribution >= 0.6 is 0 Å². The van der Waals surface area contributed by atoms with Gasteiger partial charge in [0.15, 0.2) is 0 Å². The fourth-order valence-electron chi connectivity index (χ4n) is 2.31. The molecule has 0 radical (unpaired) electrons. The molecule has 2 aliphatic carbocycles. The van der Waals surface area contributed by atoms with Crippen LogP contribution in [0.1, 0.15) is 19.3 Å². The zero-order valence-electron chi connectivity index (χ0n) is 7.37. The minimum Gasteiger partial charge on any atom is -0.396 e. The van der Waals surface area contributed by atoms with E-state index in [-0.39, 0.29) is 0 Å². The second kappa shape index (κ2) is 3.58. The van der Waals surface area contributed by atoms with Crippen molar-refractivity contribution in [3.8, 4) is 0 Å². The number of hydrogen-bond acceptors (Lipinski definition) is 2. The highest BCUT2D eigenvalue weighted by Crippen LogP contribution is 2.42. The first-order chi connectivity index (χ1) is 5.92. The number of rotatable bonds is 4. The molecule has 12 heavy (non-hydrogen) atoms. The molecule has 3 atom stereocenters. The van der Waals surface area contributed by atoms with Crippen LogP contribution < -0.4 is 5.32 Å². The smallest absolute Gasteiger partial charge is 0.0443 e. The van der Waals surface area contributed by atoms with Crippen LogP contribution in [-0.2, 0) is 0 Å². The first-order valence-corrected chi connectivity index (χ1v) is 4.92. The van der Waals surface area contributed by atoms with Crippen LogP contribution in [0.3, 0.4) is 0 Å². The first kappa shape index (κ1) is 8.27. The Morgan fingerprint density at radius 2 is 2.42 bits per heavy atom. The van der Waals surface area contributed by atoms with E-state index in [0.29, 0.717) is 12.6 Å². The average Bonchev–Trinajstić information content (AvgIpc) is 2.41. The van der Waals surface area contributed by atoms with Gasteiger partial charge in [0.2, 0.25) is 0 Å². The van der Waals surface area contributed by atoms with Crippen molar-refractivity contribution in [1.82, 2.24) is 5.32 Å². The predicted octanol–water partition coefficient (Wildman–Crippen LogP) is 0.923. The molecule has 2 nitrogen and oxygen atoms in total. The quantitative estimate of drug-likeness (QED) is 0.482. The van der Waals surface area contributed by atoms with Crippen molar-refractivity contribution < 1.29 is 5.11 Å². The van der Waals surface area contributed by atoms with Gasteiger partial charge in [0.25, 0.3) is 0 Å². The molecule has 0 aliphatic heterocycles. The Kier molecular flexibility index (Phi) is 2.47. The fraction of sp³-hybridized carbons (Fsp3) is 0.800. The minimum absolute atomic E-state index is 0.309. The topological polar surface area (TPSA) is 32.3 Å². The summed E-state index contributed by atoms with van der Waals surface area (Å²) in [5.41, 5.74) is 0. The maximum atomic E-state index is 8.60. The van der Waals surface area contributed by atoms with Gasteiger partial charge in [-0.2, -0.15) is 0 Å². The monoisotopic (exact) mass is 167 g/mol. The highest BCUT2D eigenvalue weighted by Gasteiger charge is 2.40. The lowest BCUT2D eigenvalue weighted by Gasteiger charge is -2.40. The summed E-state index contributed by atoms with van der Waals surface area (Å²) in [7, 11) is 0. The summed E-state index contributed by atoms with van der Waals surface area (Å²) in [4.78, 5) is 0. The molecule has 3 unspecified atom stereocenters. The van der Waals surface area contributed by atoms with E-state index in [1.165, 1.54) is 12.8 Å². The van der Waals surface area contributed by atoms with Crippen molar-refractivity contribution in [3.63, 3.8) is 0 Å². The fourth-order valence-corrected chi connectivity index (χ4v) is 2.31. The van der Waals surface area contributed by atoms with E-state index in [4.69, 9.17) is 5.11 Å². The second-order valence-electron chi connectivity index (χ2n) is 3.87. The third-order valence-corrected chi connectivity index (χ3v) is 3.10. The van der Waals surface area contributed by atoms with Gasteiger partial charge < -0.3 is 10.4 Å². The predicted molar refractivity (Wildman–Crippen MR) is 48.8 cm³/mol. The average molecular weight is 167 g/mol. The van der Waals surface area contributed by atoms with E-state index in [2.05, 4.69) is 17.5 Å². The van der Waals surface area contributed by atoms with Crippen LogP contribution in [0.4, 0.5) is 0 Å². The van der Waals surface area contributed by atoms with Gasteiger partial charge in [-0.05, 0) is 37.6 Å². The maximum absolute atomic E-state index is 8.60. The number of aliphatic hydroxyl groups excluding tert-OH is 1. The third-order valence-electron chi connectivity index (χ3n) is 3.10. The Balaban J connectivity index is 1.67. The summed E-state index contributed by atoms with van der Waals surface area (Å²) < 4.78 is 0. The van der Waals surface area contributed by atoms with Gasteiger partial charge in [0.05, 0.1) is 0 Å². The Labute approximate surface area is 73.7 Å². The van der Waals surface area contributed by atoms with Crippen molar-refractivity contribution in [2.45, 2.75) is 25.3 Å². The third kappa shape index (κ3) is 1.41. The molecule has 0 heterocycles. The van der Waals surface area contributed by atoms with Gasteiger partial charge in [-0.15, -0.1) is 0 Å². The number of fused-ring (bicyclic) bond motifs is 1. The molecular formula is C10H17NO. The lowest BCUT2D eigenvalue weighted by Crippen LogP contribution is -2.48. The minimum atomic E-state index is 0.309. The summed E-state index contributed by atoms with van der Waals surface area (Å²) in [6.45, 7) is 1.28. The molecule has 2 rings (SSSR count). The molecule has 2 aliphatic rings. The number of aliphatic hydroxyl groups is 1. The number of nitrogens with one attached hydrogen (secondary N) is 1. The van der Waals surface area contributed by atoms with E-state index >= 15 is 0 Å². The van der Waals surface area contributed by atoms with Gasteiger partial charge in [-0.1, -0.05) is 12.2 Å². The maximum Gasteiger partial charge on any atom is 0.0443 e. The molecule has 0 saturated heterocycles. The lowest BCUT2D eigenvalue weighted by molar-refractivity contribution is 0.160. The van der Waals surface area contributed by atoms with Gasteiger partial charge in [-0.3, -0.25) is 0 Å². The molecule has 0 aromatic rings. The van der Waals surface area contributed by atoms with Gasteiger partial charge >= 0.3 is 0 Å². The second-order valence-corrected chi connectivity index (χ2v) is 3.87. The summed E-state index contributed by atoms with van der Waals surface area (Å²) >= 11 is 0. The number of hydrogen-bond donors (Lipinski definition) is 2. The van der Waals surface area contributed by atoms with E-state index in [9.17, 15) is 0 Å². The van der Waals surface area contributed by atoms with Crippen molar-refractivity contribution in [1.29, 1.82) is 0 Å². The van der Waals surface area contributed by atoms with Crippen molar-refractivity contribution >= 4 is 0 Å². The van der Waals surface area contributed by atoms with Gasteiger partial charge in [-0.25, -0.2) is 0 Å². The van der Waals surface area contributed by atoms with Crippen LogP contribution in [0.15, 0.2) is 12.2 Å². The van der Waals surface area contributed by atoms with Crippen molar-refractivity contribution in [2.75, 3.05) is 13.2 Å². The molecule has 0 aromatic carbocycles. The lowest BCUT2D eigenvalue weighted by atomic mass is 9.71. The van der Waals surface area contributed by atoms with Crippen molar-refractivity contribution in [2.24, 2.45) is 11.8 Å². The van der Waals surface area contributed by atoms with E-state index in [1.807, 2.05) is 0 Å². The Morgan fingerprint density at radius 3 is 3.17 bits per heavy atom. The molecule has 0 spiro atoms. The van der Waals surface area contributed by atoms with E-state index in [1.54, 1.807) is 0 Å². The molecule has 0 amide bonds. The largest absolute Gasteiger partial charge is 0.396 e. The summed E-state index contributed by atoms with van der Waals surface area (Å²) in [5.74, 6) is 1.75. The van der Waals surface area contributed by atoms with E-state index < -0.39 is 0 Å². The summed E-state index contributed by atoms with van der Waals surface area (Å²) in [6.07, 6.45) is 8.18.